The van der Waals surface area contributed by atoms with Gasteiger partial charge in [0, 0.05) is 35.4 Å². The van der Waals surface area contributed by atoms with Crippen LogP contribution in [0.4, 0.5) is 0 Å². The van der Waals surface area contributed by atoms with Crippen molar-refractivity contribution in [2.75, 3.05) is 0 Å². The molecule has 0 bridgehead atoms. The molecular formula is C18H16Cl2N2O. The van der Waals surface area contributed by atoms with Gasteiger partial charge in [0.1, 0.15) is 11.9 Å². The van der Waals surface area contributed by atoms with E-state index in [4.69, 9.17) is 27.9 Å². The number of benzene rings is 2. The van der Waals surface area contributed by atoms with Crippen molar-refractivity contribution < 1.29 is 4.74 Å². The Bertz CT molecular complexity index is 725. The van der Waals surface area contributed by atoms with Gasteiger partial charge in [0.25, 0.3) is 0 Å². The fourth-order valence-electron chi connectivity index (χ4n) is 2.41. The number of halogens is 2. The Kier molecular flexibility index (Phi) is 5.21. The summed E-state index contributed by atoms with van der Waals surface area (Å²) in [7, 11) is 0. The van der Waals surface area contributed by atoms with Gasteiger partial charge >= 0.3 is 0 Å². The highest BCUT2D eigenvalue weighted by atomic mass is 35.5. The largest absolute Gasteiger partial charge is 0.486 e. The Balaban J connectivity index is 1.79. The predicted octanol–water partition coefficient (Wildman–Crippen LogP) is 5.40. The van der Waals surface area contributed by atoms with Crippen molar-refractivity contribution in [3.05, 3.63) is 82.9 Å². The van der Waals surface area contributed by atoms with Crippen LogP contribution in [-0.4, -0.2) is 9.55 Å². The summed E-state index contributed by atoms with van der Waals surface area (Å²) in [4.78, 5) is 4.07. The van der Waals surface area contributed by atoms with E-state index < -0.39 is 0 Å². The molecule has 0 saturated heterocycles. The van der Waals surface area contributed by atoms with Crippen LogP contribution in [0.3, 0.4) is 0 Å². The van der Waals surface area contributed by atoms with E-state index in [0.29, 0.717) is 15.8 Å². The summed E-state index contributed by atoms with van der Waals surface area (Å²) in [5, 5.41) is 1.13. The van der Waals surface area contributed by atoms with Crippen LogP contribution < -0.4 is 4.74 Å². The maximum atomic E-state index is 6.16. The first kappa shape index (κ1) is 15.9. The van der Waals surface area contributed by atoms with Gasteiger partial charge in [0.05, 0.1) is 6.33 Å². The number of nitrogens with zero attached hydrogens (tertiary/aromatic N) is 2. The lowest BCUT2D eigenvalue weighted by atomic mass is 10.1. The van der Waals surface area contributed by atoms with Crippen LogP contribution in [0.5, 0.6) is 5.75 Å². The van der Waals surface area contributed by atoms with Gasteiger partial charge in [0.15, 0.2) is 0 Å². The Hall–Kier alpha value is -1.97. The van der Waals surface area contributed by atoms with E-state index in [1.165, 1.54) is 0 Å². The normalized spacial score (nSPS) is 12.1. The average molecular weight is 347 g/mol. The molecule has 1 aromatic heterocycles. The van der Waals surface area contributed by atoms with Crippen LogP contribution >= 0.6 is 23.2 Å². The molecule has 0 aliphatic rings. The first-order valence-corrected chi connectivity index (χ1v) is 8.10. The summed E-state index contributed by atoms with van der Waals surface area (Å²) in [6.07, 6.45) is 6.24. The third kappa shape index (κ3) is 4.50. The first-order chi connectivity index (χ1) is 11.2. The quantitative estimate of drug-likeness (QED) is 0.597. The van der Waals surface area contributed by atoms with Crippen molar-refractivity contribution in [3.63, 3.8) is 0 Å². The zero-order chi connectivity index (χ0) is 16.1. The maximum absolute atomic E-state index is 6.16. The summed E-state index contributed by atoms with van der Waals surface area (Å²) >= 11 is 12.1. The molecule has 0 aliphatic carbocycles. The molecule has 0 radical (unpaired) electrons. The number of rotatable bonds is 6. The lowest BCUT2D eigenvalue weighted by Crippen LogP contribution is -2.11. The first-order valence-electron chi connectivity index (χ1n) is 7.34. The third-order valence-corrected chi connectivity index (χ3v) is 3.93. The van der Waals surface area contributed by atoms with Gasteiger partial charge in [-0.15, -0.1) is 0 Å². The van der Waals surface area contributed by atoms with Crippen molar-refractivity contribution in [2.24, 2.45) is 0 Å². The Morgan fingerprint density at radius 1 is 1.04 bits per heavy atom. The van der Waals surface area contributed by atoms with Crippen molar-refractivity contribution >= 4 is 23.2 Å². The minimum Gasteiger partial charge on any atom is -0.486 e. The van der Waals surface area contributed by atoms with Gasteiger partial charge in [-0.25, -0.2) is 4.98 Å². The molecule has 3 nitrogen and oxygen atoms in total. The highest BCUT2D eigenvalue weighted by Crippen LogP contribution is 2.30. The zero-order valence-corrected chi connectivity index (χ0v) is 13.9. The summed E-state index contributed by atoms with van der Waals surface area (Å²) in [6.45, 7) is 0.813. The molecule has 5 heteroatoms. The van der Waals surface area contributed by atoms with Gasteiger partial charge in [-0.1, -0.05) is 53.5 Å². The molecule has 23 heavy (non-hydrogen) atoms. The van der Waals surface area contributed by atoms with Crippen molar-refractivity contribution in [1.29, 1.82) is 0 Å². The number of hydrogen-bond donors (Lipinski definition) is 0. The monoisotopic (exact) mass is 346 g/mol. The fraction of sp³-hybridized carbons (Fsp3) is 0.167. The Morgan fingerprint density at radius 3 is 2.43 bits per heavy atom. The summed E-state index contributed by atoms with van der Waals surface area (Å²) in [5.74, 6) is 0.669. The number of hydrogen-bond acceptors (Lipinski definition) is 2. The van der Waals surface area contributed by atoms with Crippen LogP contribution in [0, 0.1) is 0 Å². The van der Waals surface area contributed by atoms with Crippen molar-refractivity contribution in [1.82, 2.24) is 9.55 Å². The van der Waals surface area contributed by atoms with Gasteiger partial charge in [-0.3, -0.25) is 0 Å². The van der Waals surface area contributed by atoms with Gasteiger partial charge in [0.2, 0.25) is 0 Å². The zero-order valence-electron chi connectivity index (χ0n) is 12.4. The van der Waals surface area contributed by atoms with Crippen LogP contribution in [0.25, 0.3) is 0 Å². The van der Waals surface area contributed by atoms with Crippen LogP contribution in [0.1, 0.15) is 18.1 Å². The molecule has 0 N–H and O–H groups in total. The lowest BCUT2D eigenvalue weighted by Gasteiger charge is -2.20. The van der Waals surface area contributed by atoms with Gasteiger partial charge < -0.3 is 9.30 Å². The van der Waals surface area contributed by atoms with E-state index >= 15 is 0 Å². The molecule has 0 aliphatic heterocycles. The molecule has 0 spiro atoms. The highest BCUT2D eigenvalue weighted by molar-refractivity contribution is 6.34. The number of aryl methyl sites for hydroxylation is 1. The minimum atomic E-state index is -0.0897. The molecule has 0 amide bonds. The molecule has 2 aromatic carbocycles. The van der Waals surface area contributed by atoms with E-state index in [1.807, 2.05) is 29.0 Å². The van der Waals surface area contributed by atoms with E-state index in [-0.39, 0.29) is 6.10 Å². The average Bonchev–Trinajstić information content (AvgIpc) is 3.05. The van der Waals surface area contributed by atoms with E-state index in [2.05, 4.69) is 17.1 Å². The lowest BCUT2D eigenvalue weighted by molar-refractivity contribution is 0.188. The molecule has 3 rings (SSSR count). The summed E-state index contributed by atoms with van der Waals surface area (Å²) < 4.78 is 8.19. The molecule has 1 atom stereocenters. The minimum absolute atomic E-state index is 0.0897. The summed E-state index contributed by atoms with van der Waals surface area (Å²) in [6, 6.07) is 15.4. The molecule has 118 valence electrons. The topological polar surface area (TPSA) is 27.1 Å². The number of aromatic nitrogens is 2. The maximum Gasteiger partial charge on any atom is 0.125 e. The van der Waals surface area contributed by atoms with Gasteiger partial charge in [-0.2, -0.15) is 0 Å². The smallest absolute Gasteiger partial charge is 0.125 e. The third-order valence-electron chi connectivity index (χ3n) is 3.49. The SMILES string of the molecule is Clc1cc(Cl)cc(O[C@H](CCn2ccnc2)c2ccccc2)c1. The summed E-state index contributed by atoms with van der Waals surface area (Å²) in [5.41, 5.74) is 1.11. The van der Waals surface area contributed by atoms with E-state index in [9.17, 15) is 0 Å². The van der Waals surface area contributed by atoms with Crippen LogP contribution in [0.15, 0.2) is 67.3 Å². The van der Waals surface area contributed by atoms with Gasteiger partial charge in [-0.05, 0) is 23.8 Å². The Morgan fingerprint density at radius 2 is 1.78 bits per heavy atom. The highest BCUT2D eigenvalue weighted by Gasteiger charge is 2.14. The second kappa shape index (κ2) is 7.53. The fourth-order valence-corrected chi connectivity index (χ4v) is 2.91. The number of imidazole rings is 1. The molecule has 1 heterocycles. The molecular weight excluding hydrogens is 331 g/mol. The molecule has 0 fully saturated rings. The Labute approximate surface area is 145 Å². The van der Waals surface area contributed by atoms with Crippen molar-refractivity contribution in [2.45, 2.75) is 19.1 Å². The second-order valence-corrected chi connectivity index (χ2v) is 6.08. The molecule has 0 unspecified atom stereocenters. The van der Waals surface area contributed by atoms with Crippen LogP contribution in [0.2, 0.25) is 10.0 Å². The molecule has 3 aromatic rings. The van der Waals surface area contributed by atoms with E-state index in [0.717, 1.165) is 18.5 Å². The van der Waals surface area contributed by atoms with E-state index in [1.54, 1.807) is 30.7 Å². The standard InChI is InChI=1S/C18H16Cl2N2O/c19-15-10-16(20)12-17(11-15)23-18(14-4-2-1-3-5-14)6-8-22-9-7-21-13-22/h1-5,7,9-13,18H,6,8H2/t18-/m1/s1. The number of ether oxygens (including phenoxy) is 1. The predicted molar refractivity (Wildman–Crippen MR) is 93.1 cm³/mol. The van der Waals surface area contributed by atoms with Crippen molar-refractivity contribution in [3.8, 4) is 5.75 Å². The van der Waals surface area contributed by atoms with Crippen LogP contribution in [-0.2, 0) is 6.54 Å². The molecule has 0 saturated carbocycles. The second-order valence-electron chi connectivity index (χ2n) is 5.21.